The third-order valence-corrected chi connectivity index (χ3v) is 2.53. The number of halogens is 2. The Bertz CT molecular complexity index is 594. The van der Waals surface area contributed by atoms with Crippen molar-refractivity contribution >= 4 is 5.97 Å². The van der Waals surface area contributed by atoms with Crippen LogP contribution in [0.15, 0.2) is 30.5 Å². The molecule has 4 nitrogen and oxygen atoms in total. The third-order valence-electron chi connectivity index (χ3n) is 2.53. The van der Waals surface area contributed by atoms with Crippen LogP contribution >= 0.6 is 0 Å². The zero-order chi connectivity index (χ0) is 13.3. The number of aryl methyl sites for hydroxylation is 1. The molecule has 0 fully saturated rings. The quantitative estimate of drug-likeness (QED) is 0.913. The highest BCUT2D eigenvalue weighted by Gasteiger charge is 2.15. The lowest BCUT2D eigenvalue weighted by atomic mass is 10.2. The summed E-state index contributed by atoms with van der Waals surface area (Å²) in [4.78, 5) is 10.8. The zero-order valence-electron chi connectivity index (χ0n) is 9.47. The van der Waals surface area contributed by atoms with Crippen LogP contribution in [-0.4, -0.2) is 20.9 Å². The summed E-state index contributed by atoms with van der Waals surface area (Å²) in [5.41, 5.74) is 0.589. The molecule has 1 N–H and O–H groups in total. The fourth-order valence-corrected chi connectivity index (χ4v) is 1.60. The molecule has 2 aromatic rings. The molecule has 0 saturated carbocycles. The molecule has 6 heteroatoms. The Hall–Kier alpha value is -2.24. The van der Waals surface area contributed by atoms with Crippen molar-refractivity contribution in [2.75, 3.05) is 0 Å². The van der Waals surface area contributed by atoms with Crippen LogP contribution in [0.1, 0.15) is 28.0 Å². The molecule has 1 aromatic heterocycles. The van der Waals surface area contributed by atoms with Gasteiger partial charge in [0, 0.05) is 6.20 Å². The second-order valence-electron chi connectivity index (χ2n) is 3.77. The lowest BCUT2D eigenvalue weighted by Gasteiger charge is -2.02. The van der Waals surface area contributed by atoms with E-state index in [4.69, 9.17) is 5.11 Å². The number of aromatic nitrogens is 2. The Balaban J connectivity index is 2.45. The molecule has 1 heterocycles. The second kappa shape index (κ2) is 4.56. The van der Waals surface area contributed by atoms with Gasteiger partial charge in [0.25, 0.3) is 6.43 Å². The molecule has 0 radical (unpaired) electrons. The zero-order valence-corrected chi connectivity index (χ0v) is 9.47. The lowest BCUT2D eigenvalue weighted by molar-refractivity contribution is 0.0697. The highest BCUT2D eigenvalue weighted by Crippen LogP contribution is 2.23. The number of carbonyl (C=O) groups is 1. The summed E-state index contributed by atoms with van der Waals surface area (Å²) < 4.78 is 26.5. The Kier molecular flexibility index (Phi) is 3.10. The molecule has 0 aliphatic rings. The molecule has 0 aliphatic carbocycles. The Morgan fingerprint density at radius 3 is 2.72 bits per heavy atom. The first kappa shape index (κ1) is 12.2. The van der Waals surface area contributed by atoms with Crippen LogP contribution in [-0.2, 0) is 0 Å². The average molecular weight is 252 g/mol. The van der Waals surface area contributed by atoms with Gasteiger partial charge in [0.05, 0.1) is 22.5 Å². The fraction of sp³-hybridized carbons (Fsp3) is 0.167. The number of benzene rings is 1. The van der Waals surface area contributed by atoms with Gasteiger partial charge in [-0.1, -0.05) is 6.07 Å². The summed E-state index contributed by atoms with van der Waals surface area (Å²) in [6.07, 6.45) is -1.39. The van der Waals surface area contributed by atoms with Gasteiger partial charge in [0.1, 0.15) is 0 Å². The predicted molar refractivity (Wildman–Crippen MR) is 60.2 cm³/mol. The molecular weight excluding hydrogens is 242 g/mol. The first-order chi connectivity index (χ1) is 8.49. The molecule has 0 amide bonds. The maximum absolute atomic E-state index is 12.6. The largest absolute Gasteiger partial charge is 0.478 e. The van der Waals surface area contributed by atoms with Gasteiger partial charge < -0.3 is 5.11 Å². The van der Waals surface area contributed by atoms with E-state index in [1.54, 1.807) is 6.07 Å². The Labute approximate surface area is 101 Å². The maximum Gasteiger partial charge on any atom is 0.335 e. The summed E-state index contributed by atoms with van der Waals surface area (Å²) >= 11 is 0. The van der Waals surface area contributed by atoms with Crippen molar-refractivity contribution in [1.82, 2.24) is 9.78 Å². The van der Waals surface area contributed by atoms with Crippen molar-refractivity contribution in [3.63, 3.8) is 0 Å². The van der Waals surface area contributed by atoms with Gasteiger partial charge in [-0.25, -0.2) is 18.3 Å². The highest BCUT2D eigenvalue weighted by molar-refractivity contribution is 5.88. The Morgan fingerprint density at radius 2 is 2.17 bits per heavy atom. The van der Waals surface area contributed by atoms with Crippen molar-refractivity contribution < 1.29 is 18.7 Å². The molecule has 0 aliphatic heterocycles. The average Bonchev–Trinajstić information content (AvgIpc) is 2.71. The molecular formula is C12H10F2N2O2. The van der Waals surface area contributed by atoms with Crippen LogP contribution in [0, 0.1) is 6.92 Å². The summed E-state index contributed by atoms with van der Waals surface area (Å²) in [5.74, 6) is -1.07. The lowest BCUT2D eigenvalue weighted by Crippen LogP contribution is -2.00. The molecule has 0 spiro atoms. The monoisotopic (exact) mass is 252 g/mol. The van der Waals surface area contributed by atoms with Crippen molar-refractivity contribution in [3.8, 4) is 5.69 Å². The molecule has 1 aromatic carbocycles. The van der Waals surface area contributed by atoms with Crippen molar-refractivity contribution in [3.05, 3.63) is 47.3 Å². The minimum absolute atomic E-state index is 0.0826. The van der Waals surface area contributed by atoms with Crippen LogP contribution in [0.2, 0.25) is 0 Å². The number of hydrogen-bond donors (Lipinski definition) is 1. The summed E-state index contributed by atoms with van der Waals surface area (Å²) in [5, 5.41) is 12.8. The van der Waals surface area contributed by atoms with Gasteiger partial charge in [-0.3, -0.25) is 0 Å². The first-order valence-corrected chi connectivity index (χ1v) is 5.17. The number of alkyl halides is 2. The van der Waals surface area contributed by atoms with Crippen LogP contribution in [0.5, 0.6) is 0 Å². The van der Waals surface area contributed by atoms with Crippen LogP contribution in [0.4, 0.5) is 8.78 Å². The minimum Gasteiger partial charge on any atom is -0.478 e. The summed E-state index contributed by atoms with van der Waals surface area (Å²) in [6, 6.07) is 5.95. The van der Waals surface area contributed by atoms with Gasteiger partial charge in [0.2, 0.25) is 0 Å². The summed E-state index contributed by atoms with van der Waals surface area (Å²) in [6.45, 7) is 1.49. The molecule has 94 valence electrons. The van der Waals surface area contributed by atoms with Gasteiger partial charge in [-0.15, -0.1) is 0 Å². The van der Waals surface area contributed by atoms with Gasteiger partial charge in [-0.05, 0) is 25.1 Å². The predicted octanol–water partition coefficient (Wildman–Crippen LogP) is 2.82. The smallest absolute Gasteiger partial charge is 0.335 e. The van der Waals surface area contributed by atoms with E-state index in [1.807, 2.05) is 0 Å². The minimum atomic E-state index is -2.60. The number of rotatable bonds is 3. The molecule has 18 heavy (non-hydrogen) atoms. The maximum atomic E-state index is 12.6. The standard InChI is InChI=1S/C12H10F2N2O2/c1-7-10(11(13)14)6-16(15-7)9-4-2-3-8(5-9)12(17)18/h2-6,11H,1H3,(H,17,18). The summed E-state index contributed by atoms with van der Waals surface area (Å²) in [7, 11) is 0. The van der Waals surface area contributed by atoms with E-state index in [9.17, 15) is 13.6 Å². The second-order valence-corrected chi connectivity index (χ2v) is 3.77. The molecule has 0 atom stereocenters. The van der Waals surface area contributed by atoms with E-state index >= 15 is 0 Å². The van der Waals surface area contributed by atoms with E-state index in [2.05, 4.69) is 5.10 Å². The van der Waals surface area contributed by atoms with E-state index < -0.39 is 12.4 Å². The molecule has 0 unspecified atom stereocenters. The normalized spacial score (nSPS) is 10.9. The molecule has 0 bridgehead atoms. The third kappa shape index (κ3) is 2.22. The fourth-order valence-electron chi connectivity index (χ4n) is 1.60. The SMILES string of the molecule is Cc1nn(-c2cccc(C(=O)O)c2)cc1C(F)F. The Morgan fingerprint density at radius 1 is 1.44 bits per heavy atom. The number of carboxylic acid groups (broad SMARTS) is 1. The molecule has 0 saturated heterocycles. The van der Waals surface area contributed by atoms with E-state index in [0.717, 1.165) is 0 Å². The number of hydrogen-bond acceptors (Lipinski definition) is 2. The van der Waals surface area contributed by atoms with E-state index in [1.165, 1.54) is 36.0 Å². The van der Waals surface area contributed by atoms with E-state index in [-0.39, 0.29) is 16.8 Å². The van der Waals surface area contributed by atoms with Crippen LogP contribution in [0.3, 0.4) is 0 Å². The molecule has 2 rings (SSSR count). The topological polar surface area (TPSA) is 55.1 Å². The number of nitrogens with zero attached hydrogens (tertiary/aromatic N) is 2. The van der Waals surface area contributed by atoms with Crippen molar-refractivity contribution in [2.45, 2.75) is 13.3 Å². The van der Waals surface area contributed by atoms with Crippen LogP contribution in [0.25, 0.3) is 5.69 Å². The van der Waals surface area contributed by atoms with Crippen molar-refractivity contribution in [2.24, 2.45) is 0 Å². The number of aromatic carboxylic acids is 1. The van der Waals surface area contributed by atoms with E-state index in [0.29, 0.717) is 5.69 Å². The first-order valence-electron chi connectivity index (χ1n) is 5.17. The van der Waals surface area contributed by atoms with Gasteiger partial charge >= 0.3 is 5.97 Å². The number of carboxylic acids is 1. The highest BCUT2D eigenvalue weighted by atomic mass is 19.3. The van der Waals surface area contributed by atoms with Crippen molar-refractivity contribution in [1.29, 1.82) is 0 Å². The van der Waals surface area contributed by atoms with Crippen LogP contribution < -0.4 is 0 Å². The van der Waals surface area contributed by atoms with Gasteiger partial charge in [-0.2, -0.15) is 5.10 Å². The van der Waals surface area contributed by atoms with Gasteiger partial charge in [0.15, 0.2) is 0 Å².